The molecular weight excluding hydrogens is 314 g/mol. The summed E-state index contributed by atoms with van der Waals surface area (Å²) in [6.45, 7) is 2.93. The van der Waals surface area contributed by atoms with Crippen molar-refractivity contribution in [1.29, 1.82) is 0 Å². The fraction of sp³-hybridized carbons (Fsp3) is 0.529. The third-order valence-electron chi connectivity index (χ3n) is 4.53. The zero-order valence-corrected chi connectivity index (χ0v) is 13.9. The van der Waals surface area contributed by atoms with Crippen molar-refractivity contribution in [2.45, 2.75) is 25.7 Å². The van der Waals surface area contributed by atoms with Gasteiger partial charge in [-0.2, -0.15) is 0 Å². The molecule has 0 aliphatic carbocycles. The van der Waals surface area contributed by atoms with E-state index in [1.807, 2.05) is 21.9 Å². The SMILES string of the molecule is O=C(Nc1cccc(Cl)c1)[C@@H]1CCCN(C(=O)N2CCCC2)C1. The molecule has 23 heavy (non-hydrogen) atoms. The number of nitrogens with one attached hydrogen (secondary N) is 1. The molecule has 0 saturated carbocycles. The molecule has 3 amide bonds. The molecule has 1 atom stereocenters. The average molecular weight is 336 g/mol. The minimum atomic E-state index is -0.158. The maximum Gasteiger partial charge on any atom is 0.320 e. The minimum Gasteiger partial charge on any atom is -0.326 e. The van der Waals surface area contributed by atoms with E-state index in [9.17, 15) is 9.59 Å². The number of amides is 3. The molecule has 2 fully saturated rings. The number of piperidine rings is 1. The van der Waals surface area contributed by atoms with Crippen LogP contribution in [0, 0.1) is 5.92 Å². The molecule has 1 N–H and O–H groups in total. The Morgan fingerprint density at radius 1 is 1.09 bits per heavy atom. The normalized spacial score (nSPS) is 21.3. The van der Waals surface area contributed by atoms with Gasteiger partial charge in [0.1, 0.15) is 0 Å². The molecule has 2 heterocycles. The summed E-state index contributed by atoms with van der Waals surface area (Å²) in [5.41, 5.74) is 0.700. The molecule has 1 aromatic carbocycles. The first-order chi connectivity index (χ1) is 11.1. The van der Waals surface area contributed by atoms with Crippen LogP contribution in [0.25, 0.3) is 0 Å². The largest absolute Gasteiger partial charge is 0.326 e. The standard InChI is InChI=1S/C17H22ClN3O2/c18-14-6-3-7-15(11-14)19-16(22)13-5-4-10-21(12-13)17(23)20-8-1-2-9-20/h3,6-7,11,13H,1-2,4-5,8-10,12H2,(H,19,22)/t13-/m1/s1. The van der Waals surface area contributed by atoms with Gasteiger partial charge in [-0.1, -0.05) is 17.7 Å². The number of rotatable bonds is 2. The number of nitrogens with zero attached hydrogens (tertiary/aromatic N) is 2. The van der Waals surface area contributed by atoms with Gasteiger partial charge < -0.3 is 15.1 Å². The Bertz CT molecular complexity index is 587. The summed E-state index contributed by atoms with van der Waals surface area (Å²) in [5, 5.41) is 3.50. The van der Waals surface area contributed by atoms with Crippen molar-refractivity contribution >= 4 is 29.2 Å². The van der Waals surface area contributed by atoms with Crippen LogP contribution in [-0.4, -0.2) is 47.9 Å². The number of carbonyl (C=O) groups is 2. The monoisotopic (exact) mass is 335 g/mol. The van der Waals surface area contributed by atoms with Crippen LogP contribution in [0.1, 0.15) is 25.7 Å². The van der Waals surface area contributed by atoms with Crippen molar-refractivity contribution in [3.8, 4) is 0 Å². The van der Waals surface area contributed by atoms with Gasteiger partial charge in [0.15, 0.2) is 0 Å². The number of carbonyl (C=O) groups excluding carboxylic acids is 2. The molecule has 1 aromatic rings. The Labute approximate surface area is 141 Å². The molecule has 0 bridgehead atoms. The Kier molecular flexibility index (Phi) is 5.06. The number of anilines is 1. The van der Waals surface area contributed by atoms with E-state index in [-0.39, 0.29) is 17.9 Å². The van der Waals surface area contributed by atoms with Crippen molar-refractivity contribution < 1.29 is 9.59 Å². The first-order valence-corrected chi connectivity index (χ1v) is 8.61. The average Bonchev–Trinajstić information content (AvgIpc) is 3.09. The van der Waals surface area contributed by atoms with Crippen molar-refractivity contribution in [2.75, 3.05) is 31.5 Å². The summed E-state index contributed by atoms with van der Waals surface area (Å²) in [6, 6.07) is 7.22. The second-order valence-electron chi connectivity index (χ2n) is 6.26. The van der Waals surface area contributed by atoms with Crippen LogP contribution >= 0.6 is 11.6 Å². The van der Waals surface area contributed by atoms with Crippen LogP contribution < -0.4 is 5.32 Å². The second kappa shape index (κ2) is 7.21. The zero-order valence-electron chi connectivity index (χ0n) is 13.1. The third-order valence-corrected chi connectivity index (χ3v) is 4.77. The molecule has 6 heteroatoms. The first kappa shape index (κ1) is 16.1. The second-order valence-corrected chi connectivity index (χ2v) is 6.70. The summed E-state index contributed by atoms with van der Waals surface area (Å²) in [5.74, 6) is -0.194. The predicted molar refractivity (Wildman–Crippen MR) is 90.6 cm³/mol. The van der Waals surface area contributed by atoms with Gasteiger partial charge in [-0.15, -0.1) is 0 Å². The highest BCUT2D eigenvalue weighted by atomic mass is 35.5. The van der Waals surface area contributed by atoms with E-state index in [0.29, 0.717) is 17.3 Å². The lowest BCUT2D eigenvalue weighted by atomic mass is 9.97. The quantitative estimate of drug-likeness (QED) is 0.902. The summed E-state index contributed by atoms with van der Waals surface area (Å²) < 4.78 is 0. The highest BCUT2D eigenvalue weighted by molar-refractivity contribution is 6.30. The van der Waals surface area contributed by atoms with Gasteiger partial charge >= 0.3 is 6.03 Å². The fourth-order valence-corrected chi connectivity index (χ4v) is 3.47. The lowest BCUT2D eigenvalue weighted by Gasteiger charge is -2.34. The number of urea groups is 1. The van der Waals surface area contributed by atoms with Crippen LogP contribution in [0.3, 0.4) is 0 Å². The molecule has 2 aliphatic heterocycles. The number of halogens is 1. The van der Waals surface area contributed by atoms with Crippen molar-refractivity contribution in [3.05, 3.63) is 29.3 Å². The molecule has 0 unspecified atom stereocenters. The van der Waals surface area contributed by atoms with Crippen LogP contribution in [0.15, 0.2) is 24.3 Å². The van der Waals surface area contributed by atoms with E-state index in [0.717, 1.165) is 45.3 Å². The molecule has 5 nitrogen and oxygen atoms in total. The molecule has 2 saturated heterocycles. The van der Waals surface area contributed by atoms with Gasteiger partial charge in [-0.05, 0) is 43.9 Å². The lowest BCUT2D eigenvalue weighted by Crippen LogP contribution is -2.48. The predicted octanol–water partition coefficient (Wildman–Crippen LogP) is 3.21. The maximum absolute atomic E-state index is 12.5. The summed E-state index contributed by atoms with van der Waals surface area (Å²) >= 11 is 5.94. The fourth-order valence-electron chi connectivity index (χ4n) is 3.28. The number of hydrogen-bond donors (Lipinski definition) is 1. The van der Waals surface area contributed by atoms with Gasteiger partial charge in [-0.3, -0.25) is 4.79 Å². The van der Waals surface area contributed by atoms with E-state index < -0.39 is 0 Å². The Balaban J connectivity index is 1.59. The highest BCUT2D eigenvalue weighted by Crippen LogP contribution is 2.22. The number of hydrogen-bond acceptors (Lipinski definition) is 2. The maximum atomic E-state index is 12.5. The Hall–Kier alpha value is -1.75. The molecule has 3 rings (SSSR count). The van der Waals surface area contributed by atoms with E-state index in [1.165, 1.54) is 0 Å². The zero-order chi connectivity index (χ0) is 16.2. The number of benzene rings is 1. The Morgan fingerprint density at radius 2 is 1.83 bits per heavy atom. The van der Waals surface area contributed by atoms with E-state index >= 15 is 0 Å². The summed E-state index contributed by atoms with van der Waals surface area (Å²) in [7, 11) is 0. The van der Waals surface area contributed by atoms with Crippen molar-refractivity contribution in [1.82, 2.24) is 9.80 Å². The van der Waals surface area contributed by atoms with E-state index in [1.54, 1.807) is 12.1 Å². The van der Waals surface area contributed by atoms with Crippen LogP contribution in [-0.2, 0) is 4.79 Å². The van der Waals surface area contributed by atoms with Crippen LogP contribution in [0.4, 0.5) is 10.5 Å². The first-order valence-electron chi connectivity index (χ1n) is 8.24. The van der Waals surface area contributed by atoms with E-state index in [4.69, 9.17) is 11.6 Å². The van der Waals surface area contributed by atoms with Gasteiger partial charge in [0.2, 0.25) is 5.91 Å². The minimum absolute atomic E-state index is 0.0359. The van der Waals surface area contributed by atoms with Gasteiger partial charge in [0, 0.05) is 36.9 Å². The van der Waals surface area contributed by atoms with Crippen molar-refractivity contribution in [2.24, 2.45) is 5.92 Å². The molecule has 0 radical (unpaired) electrons. The third kappa shape index (κ3) is 3.96. The van der Waals surface area contributed by atoms with Crippen LogP contribution in [0.2, 0.25) is 5.02 Å². The summed E-state index contributed by atoms with van der Waals surface area (Å²) in [6.07, 6.45) is 3.85. The molecular formula is C17H22ClN3O2. The molecule has 0 spiro atoms. The molecule has 0 aromatic heterocycles. The topological polar surface area (TPSA) is 52.7 Å². The lowest BCUT2D eigenvalue weighted by molar-refractivity contribution is -0.121. The number of likely N-dealkylation sites (tertiary alicyclic amines) is 2. The van der Waals surface area contributed by atoms with Gasteiger partial charge in [0.05, 0.1) is 5.92 Å². The van der Waals surface area contributed by atoms with Crippen molar-refractivity contribution in [3.63, 3.8) is 0 Å². The smallest absolute Gasteiger partial charge is 0.320 e. The highest BCUT2D eigenvalue weighted by Gasteiger charge is 2.31. The molecule has 2 aliphatic rings. The Morgan fingerprint density at radius 3 is 2.57 bits per heavy atom. The van der Waals surface area contributed by atoms with E-state index in [2.05, 4.69) is 5.32 Å². The van der Waals surface area contributed by atoms with Gasteiger partial charge in [0.25, 0.3) is 0 Å². The molecule has 124 valence electrons. The van der Waals surface area contributed by atoms with Gasteiger partial charge in [-0.25, -0.2) is 4.79 Å². The van der Waals surface area contributed by atoms with Crippen LogP contribution in [0.5, 0.6) is 0 Å². The summed E-state index contributed by atoms with van der Waals surface area (Å²) in [4.78, 5) is 28.7.